The van der Waals surface area contributed by atoms with Crippen LogP contribution in [0.1, 0.15) is 0 Å². The first-order valence-electron chi connectivity index (χ1n) is 10.8. The molecule has 0 fully saturated rings. The Balaban J connectivity index is 0.000000163. The molecule has 0 bridgehead atoms. The van der Waals surface area contributed by atoms with Crippen LogP contribution in [0.2, 0.25) is 30.1 Å². The number of rotatable bonds is 0. The third kappa shape index (κ3) is 7.22. The Morgan fingerprint density at radius 1 is 0.425 bits per heavy atom. The predicted octanol–water partition coefficient (Wildman–Crippen LogP) is 9.74. The molecule has 0 spiro atoms. The van der Waals surface area contributed by atoms with E-state index in [9.17, 15) is 15.3 Å². The van der Waals surface area contributed by atoms with Crippen molar-refractivity contribution in [1.29, 1.82) is 0 Å². The maximum atomic E-state index is 9.53. The van der Waals surface area contributed by atoms with Gasteiger partial charge in [0.25, 0.3) is 0 Å². The molecule has 6 nitrogen and oxygen atoms in total. The molecule has 6 aromatic rings. The number of pyridine rings is 3. The third-order valence-electron chi connectivity index (χ3n) is 5.31. The molecular formula is C27H15Cl6N3O3Sm. The van der Waals surface area contributed by atoms with Crippen LogP contribution in [0.4, 0.5) is 0 Å². The molecule has 40 heavy (non-hydrogen) atoms. The Hall–Kier alpha value is -1.63. The second kappa shape index (κ2) is 14.5. The zero-order valence-corrected chi connectivity index (χ0v) is 26.9. The first-order valence-corrected chi connectivity index (χ1v) is 13.1. The molecule has 3 aromatic carbocycles. The minimum absolute atomic E-state index is 0. The van der Waals surface area contributed by atoms with E-state index in [0.717, 1.165) is 0 Å². The van der Waals surface area contributed by atoms with E-state index in [4.69, 9.17) is 69.6 Å². The molecule has 0 unspecified atom stereocenters. The van der Waals surface area contributed by atoms with Crippen molar-refractivity contribution in [1.82, 2.24) is 15.0 Å². The number of hydrogen-bond acceptors (Lipinski definition) is 6. The Kier molecular flexibility index (Phi) is 11.9. The van der Waals surface area contributed by atoms with Gasteiger partial charge in [-0.15, -0.1) is 0 Å². The van der Waals surface area contributed by atoms with Crippen molar-refractivity contribution in [2.75, 3.05) is 0 Å². The Bertz CT molecular complexity index is 1630. The Morgan fingerprint density at radius 3 is 0.925 bits per heavy atom. The van der Waals surface area contributed by atoms with Crippen LogP contribution in [0.3, 0.4) is 0 Å². The van der Waals surface area contributed by atoms with Crippen LogP contribution < -0.4 is 0 Å². The van der Waals surface area contributed by atoms with Crippen LogP contribution in [0, 0.1) is 40.4 Å². The van der Waals surface area contributed by atoms with Gasteiger partial charge in [0, 0.05) is 75.1 Å². The standard InChI is InChI=1S/3C9H5Cl2NO.Sm/c3*10-6-4-7(11)9(13)8-5(6)2-1-3-12-8;/h3*1-4,13H;. The zero-order chi connectivity index (χ0) is 28.3. The number of aromatic nitrogens is 3. The summed E-state index contributed by atoms with van der Waals surface area (Å²) in [5.41, 5.74) is 1.29. The number of halogens is 6. The molecule has 0 aliphatic heterocycles. The first kappa shape index (κ1) is 32.9. The van der Waals surface area contributed by atoms with Gasteiger partial charge in [0.2, 0.25) is 0 Å². The van der Waals surface area contributed by atoms with Gasteiger partial charge in [-0.1, -0.05) is 69.6 Å². The summed E-state index contributed by atoms with van der Waals surface area (Å²) in [6.45, 7) is 0. The van der Waals surface area contributed by atoms with Crippen molar-refractivity contribution in [2.45, 2.75) is 0 Å². The minimum atomic E-state index is -0.0262. The van der Waals surface area contributed by atoms with Crippen LogP contribution in [0.15, 0.2) is 73.2 Å². The number of hydrogen-bond donors (Lipinski definition) is 3. The smallest absolute Gasteiger partial charge is 0.160 e. The predicted molar refractivity (Wildman–Crippen MR) is 160 cm³/mol. The van der Waals surface area contributed by atoms with E-state index in [-0.39, 0.29) is 72.7 Å². The summed E-state index contributed by atoms with van der Waals surface area (Å²) in [6.07, 6.45) is 4.73. The van der Waals surface area contributed by atoms with Crippen molar-refractivity contribution in [3.63, 3.8) is 0 Å². The number of benzene rings is 3. The van der Waals surface area contributed by atoms with E-state index < -0.39 is 0 Å². The second-order valence-electron chi connectivity index (χ2n) is 7.77. The molecule has 13 heteroatoms. The van der Waals surface area contributed by atoms with Crippen molar-refractivity contribution in [2.24, 2.45) is 0 Å². The SMILES string of the molecule is Oc1c(Cl)cc(Cl)c2cccnc12.Oc1c(Cl)cc(Cl)c2cccnc12.Oc1c(Cl)cc(Cl)c2cccnc12.[Sm]. The van der Waals surface area contributed by atoms with Crippen LogP contribution in [0.25, 0.3) is 32.7 Å². The van der Waals surface area contributed by atoms with Crippen LogP contribution >= 0.6 is 69.6 Å². The van der Waals surface area contributed by atoms with Gasteiger partial charge < -0.3 is 15.3 Å². The van der Waals surface area contributed by atoms with Crippen molar-refractivity contribution >= 4 is 102 Å². The molecule has 0 aliphatic rings. The quantitative estimate of drug-likeness (QED) is 0.142. The molecule has 0 saturated heterocycles. The molecule has 3 aromatic heterocycles. The molecule has 3 N–H and O–H groups in total. The number of phenols is 3. The summed E-state index contributed by atoms with van der Waals surface area (Å²) < 4.78 is 0. The number of fused-ring (bicyclic) bond motifs is 3. The summed E-state index contributed by atoms with van der Waals surface area (Å²) in [7, 11) is 0. The summed E-state index contributed by atoms with van der Waals surface area (Å²) in [5, 5.41) is 32.8. The minimum Gasteiger partial charge on any atom is -0.504 e. The molecule has 0 aliphatic carbocycles. The van der Waals surface area contributed by atoms with Gasteiger partial charge in [-0.05, 0) is 54.6 Å². The van der Waals surface area contributed by atoms with Gasteiger partial charge in [0.05, 0.1) is 30.1 Å². The maximum Gasteiger partial charge on any atom is 0.160 e. The number of aromatic hydroxyl groups is 3. The van der Waals surface area contributed by atoms with Gasteiger partial charge in [-0.25, -0.2) is 0 Å². The van der Waals surface area contributed by atoms with Crippen LogP contribution in [-0.4, -0.2) is 30.3 Å². The Labute approximate surface area is 290 Å². The van der Waals surface area contributed by atoms with Gasteiger partial charge in [0.15, 0.2) is 17.2 Å². The van der Waals surface area contributed by atoms with E-state index in [1.807, 2.05) is 0 Å². The molecule has 0 saturated carbocycles. The fourth-order valence-electron chi connectivity index (χ4n) is 3.47. The zero-order valence-electron chi connectivity index (χ0n) is 19.8. The van der Waals surface area contributed by atoms with Crippen molar-refractivity contribution in [3.8, 4) is 17.2 Å². The topological polar surface area (TPSA) is 99.4 Å². The monoisotopic (exact) mass is 791 g/mol. The van der Waals surface area contributed by atoms with Gasteiger partial charge in [0.1, 0.15) is 16.6 Å². The molecule has 3 heterocycles. The van der Waals surface area contributed by atoms with E-state index in [2.05, 4.69) is 15.0 Å². The number of phenolic OH excluding ortho intramolecular Hbond substituents is 3. The van der Waals surface area contributed by atoms with E-state index in [1.165, 1.54) is 18.2 Å². The molecule has 0 atom stereocenters. The third-order valence-corrected chi connectivity index (χ3v) is 7.11. The van der Waals surface area contributed by atoms with E-state index >= 15 is 0 Å². The van der Waals surface area contributed by atoms with Gasteiger partial charge in [-0.3, -0.25) is 15.0 Å². The molecule has 204 valence electrons. The fraction of sp³-hybridized carbons (Fsp3) is 0. The molecule has 0 amide bonds. The molecule has 0 radical (unpaired) electrons. The van der Waals surface area contributed by atoms with Gasteiger partial charge >= 0.3 is 0 Å². The second-order valence-corrected chi connectivity index (χ2v) is 10.2. The normalized spacial score (nSPS) is 10.3. The summed E-state index contributed by atoms with van der Waals surface area (Å²) >= 11 is 34.9. The van der Waals surface area contributed by atoms with Crippen LogP contribution in [-0.2, 0) is 0 Å². The fourth-order valence-corrected chi connectivity index (χ4v) is 5.02. The average molecular weight is 793 g/mol. The number of nitrogens with zero attached hydrogens (tertiary/aromatic N) is 3. The van der Waals surface area contributed by atoms with Crippen molar-refractivity contribution in [3.05, 3.63) is 103 Å². The van der Waals surface area contributed by atoms with E-state index in [1.54, 1.807) is 55.0 Å². The Morgan fingerprint density at radius 2 is 0.675 bits per heavy atom. The maximum absolute atomic E-state index is 9.53. The molecular weight excluding hydrogens is 777 g/mol. The largest absolute Gasteiger partial charge is 0.504 e. The average Bonchev–Trinajstić information content (AvgIpc) is 2.94. The molecule has 6 rings (SSSR count). The van der Waals surface area contributed by atoms with Crippen LogP contribution in [0.5, 0.6) is 17.2 Å². The summed E-state index contributed by atoms with van der Waals surface area (Å²) in [6, 6.07) is 15.1. The van der Waals surface area contributed by atoms with Gasteiger partial charge in [-0.2, -0.15) is 0 Å². The van der Waals surface area contributed by atoms with E-state index in [0.29, 0.717) is 47.8 Å². The summed E-state index contributed by atoms with van der Waals surface area (Å²) in [4.78, 5) is 12.0. The van der Waals surface area contributed by atoms with Crippen molar-refractivity contribution < 1.29 is 55.7 Å². The summed E-state index contributed by atoms with van der Waals surface area (Å²) in [5.74, 6) is -0.0787. The first-order chi connectivity index (χ1) is 18.6.